The van der Waals surface area contributed by atoms with E-state index < -0.39 is 0 Å². The lowest BCUT2D eigenvalue weighted by atomic mass is 10.1. The topological polar surface area (TPSA) is 52.1 Å². The summed E-state index contributed by atoms with van der Waals surface area (Å²) < 4.78 is 4.76. The predicted molar refractivity (Wildman–Crippen MR) is 86.9 cm³/mol. The summed E-state index contributed by atoms with van der Waals surface area (Å²) in [6.07, 6.45) is 2.71. The summed E-state index contributed by atoms with van der Waals surface area (Å²) in [6, 6.07) is 1.94. The van der Waals surface area contributed by atoms with Crippen molar-refractivity contribution >= 4 is 50.9 Å². The van der Waals surface area contributed by atoms with E-state index in [1.54, 1.807) is 23.1 Å². The molecule has 0 atom stereocenters. The molecule has 1 saturated carbocycles. The monoisotopic (exact) mass is 342 g/mol. The van der Waals surface area contributed by atoms with E-state index in [9.17, 15) is 4.79 Å². The maximum Gasteiger partial charge on any atom is 0.306 e. The molecule has 0 bridgehead atoms. The Kier molecular flexibility index (Phi) is 4.38. The maximum absolute atomic E-state index is 11.4. The van der Waals surface area contributed by atoms with Gasteiger partial charge in [0.15, 0.2) is 0 Å². The molecule has 0 unspecified atom stereocenters. The lowest BCUT2D eigenvalue weighted by Crippen LogP contribution is -2.13. The third-order valence-electron chi connectivity index (χ3n) is 3.67. The van der Waals surface area contributed by atoms with E-state index in [0.717, 1.165) is 40.4 Å². The molecule has 0 saturated heterocycles. The second kappa shape index (κ2) is 6.10. The van der Waals surface area contributed by atoms with Gasteiger partial charge in [-0.25, -0.2) is 9.97 Å². The van der Waals surface area contributed by atoms with Crippen LogP contribution in [0, 0.1) is 5.41 Å². The fourth-order valence-corrected chi connectivity index (χ4v) is 4.54. The Morgan fingerprint density at radius 3 is 3.05 bits per heavy atom. The normalized spacial score (nSPS) is 16.1. The molecule has 7 heteroatoms. The number of rotatable bonds is 6. The Labute approximate surface area is 136 Å². The van der Waals surface area contributed by atoms with Gasteiger partial charge >= 0.3 is 5.97 Å². The number of thiophene rings is 1. The molecule has 21 heavy (non-hydrogen) atoms. The fourth-order valence-electron chi connectivity index (χ4n) is 2.21. The van der Waals surface area contributed by atoms with E-state index in [4.69, 9.17) is 16.3 Å². The highest BCUT2D eigenvalue weighted by Gasteiger charge is 2.44. The van der Waals surface area contributed by atoms with Crippen LogP contribution < -0.4 is 0 Å². The molecule has 1 fully saturated rings. The van der Waals surface area contributed by atoms with E-state index in [1.165, 1.54) is 7.11 Å². The second-order valence-electron chi connectivity index (χ2n) is 5.32. The number of esters is 1. The van der Waals surface area contributed by atoms with Crippen molar-refractivity contribution in [3.05, 3.63) is 22.4 Å². The quantitative estimate of drug-likeness (QED) is 0.588. The number of aromatic nitrogens is 2. The maximum atomic E-state index is 11.4. The van der Waals surface area contributed by atoms with Gasteiger partial charge in [-0.3, -0.25) is 4.79 Å². The molecule has 0 N–H and O–H groups in total. The van der Waals surface area contributed by atoms with E-state index in [0.29, 0.717) is 11.6 Å². The van der Waals surface area contributed by atoms with Crippen LogP contribution in [0.4, 0.5) is 0 Å². The Morgan fingerprint density at radius 2 is 2.33 bits per heavy atom. The summed E-state index contributed by atoms with van der Waals surface area (Å²) in [5.41, 5.74) is 0.134. The lowest BCUT2D eigenvalue weighted by Gasteiger charge is -2.12. The number of carbonyl (C=O) groups excluding carboxylic acids is 1. The summed E-state index contributed by atoms with van der Waals surface area (Å²) in [6.45, 7) is 0. The van der Waals surface area contributed by atoms with Crippen LogP contribution in [0.25, 0.3) is 10.2 Å². The highest BCUT2D eigenvalue weighted by atomic mass is 35.5. The van der Waals surface area contributed by atoms with E-state index in [-0.39, 0.29) is 11.4 Å². The third-order valence-corrected chi connectivity index (χ3v) is 6.04. The number of methoxy groups -OCH3 is 1. The van der Waals surface area contributed by atoms with E-state index in [1.807, 2.05) is 11.4 Å². The summed E-state index contributed by atoms with van der Waals surface area (Å²) >= 11 is 9.49. The molecule has 2 aromatic heterocycles. The van der Waals surface area contributed by atoms with Crippen LogP contribution >= 0.6 is 34.7 Å². The van der Waals surface area contributed by atoms with Gasteiger partial charge in [-0.05, 0) is 35.5 Å². The second-order valence-corrected chi connectivity index (χ2v) is 7.55. The molecule has 0 aromatic carbocycles. The van der Waals surface area contributed by atoms with Crippen molar-refractivity contribution in [1.82, 2.24) is 9.97 Å². The molecular weight excluding hydrogens is 328 g/mol. The molecule has 2 aromatic rings. The molecule has 0 spiro atoms. The first-order chi connectivity index (χ1) is 10.1. The van der Waals surface area contributed by atoms with Gasteiger partial charge in [0.2, 0.25) is 0 Å². The minimum Gasteiger partial charge on any atom is -0.469 e. The van der Waals surface area contributed by atoms with Crippen molar-refractivity contribution in [3.63, 3.8) is 0 Å². The van der Waals surface area contributed by atoms with Gasteiger partial charge in [0.25, 0.3) is 0 Å². The number of fused-ring (bicyclic) bond motifs is 1. The van der Waals surface area contributed by atoms with Gasteiger partial charge in [0.1, 0.15) is 15.8 Å². The molecule has 4 nitrogen and oxygen atoms in total. The average Bonchev–Trinajstić information content (AvgIpc) is 3.03. The highest BCUT2D eigenvalue weighted by Crippen LogP contribution is 2.51. The number of halogens is 1. The first-order valence-corrected chi connectivity index (χ1v) is 9.07. The number of carbonyl (C=O) groups is 1. The van der Waals surface area contributed by atoms with Crippen molar-refractivity contribution in [1.29, 1.82) is 0 Å². The van der Waals surface area contributed by atoms with E-state index in [2.05, 4.69) is 9.97 Å². The standard InChI is InChI=1S/C14H15ClN2O2S2/c1-19-11(18)6-14(3-4-14)8-20-7-10-16-12(15)9-2-5-21-13(9)17-10/h2,5H,3-4,6-8H2,1H3. The van der Waals surface area contributed by atoms with Crippen LogP contribution in [0.5, 0.6) is 0 Å². The predicted octanol–water partition coefficient (Wildman–Crippen LogP) is 3.92. The number of hydrogen-bond acceptors (Lipinski definition) is 6. The minimum atomic E-state index is -0.118. The molecule has 2 heterocycles. The smallest absolute Gasteiger partial charge is 0.306 e. The minimum absolute atomic E-state index is 0.118. The van der Waals surface area contributed by atoms with Gasteiger partial charge < -0.3 is 4.74 Å². The zero-order valence-corrected chi connectivity index (χ0v) is 14.0. The molecule has 1 aliphatic rings. The van der Waals surface area contributed by atoms with Crippen LogP contribution in [0.15, 0.2) is 11.4 Å². The Morgan fingerprint density at radius 1 is 1.52 bits per heavy atom. The molecule has 1 aliphatic carbocycles. The molecule has 3 rings (SSSR count). The number of nitrogens with zero attached hydrogens (tertiary/aromatic N) is 2. The number of thioether (sulfide) groups is 1. The lowest BCUT2D eigenvalue weighted by molar-refractivity contribution is -0.141. The Balaban J connectivity index is 1.58. The van der Waals surface area contributed by atoms with Crippen molar-refractivity contribution in [2.24, 2.45) is 5.41 Å². The molecule has 0 radical (unpaired) electrons. The van der Waals surface area contributed by atoms with Crippen molar-refractivity contribution < 1.29 is 9.53 Å². The highest BCUT2D eigenvalue weighted by molar-refractivity contribution is 7.98. The van der Waals surface area contributed by atoms with Crippen molar-refractivity contribution in [3.8, 4) is 0 Å². The van der Waals surface area contributed by atoms with Crippen LogP contribution in [0.2, 0.25) is 5.15 Å². The van der Waals surface area contributed by atoms with Crippen LogP contribution in [-0.4, -0.2) is 28.8 Å². The fraction of sp³-hybridized carbons (Fsp3) is 0.500. The molecule has 112 valence electrons. The Hall–Kier alpha value is -0.850. The molecular formula is C14H15ClN2O2S2. The number of ether oxygens (including phenoxy) is 1. The van der Waals surface area contributed by atoms with Gasteiger partial charge in [-0.15, -0.1) is 11.3 Å². The van der Waals surface area contributed by atoms with Gasteiger partial charge in [-0.1, -0.05) is 11.6 Å². The largest absolute Gasteiger partial charge is 0.469 e. The van der Waals surface area contributed by atoms with Crippen molar-refractivity contribution in [2.45, 2.75) is 25.0 Å². The Bertz CT molecular complexity index is 670. The van der Waals surface area contributed by atoms with E-state index >= 15 is 0 Å². The first-order valence-electron chi connectivity index (χ1n) is 6.66. The summed E-state index contributed by atoms with van der Waals surface area (Å²) in [7, 11) is 1.44. The van der Waals surface area contributed by atoms with Crippen LogP contribution in [0.1, 0.15) is 25.1 Å². The zero-order valence-electron chi connectivity index (χ0n) is 11.6. The SMILES string of the molecule is COC(=O)CC1(CSCc2nc(Cl)c3ccsc3n2)CC1. The third kappa shape index (κ3) is 3.49. The summed E-state index contributed by atoms with van der Waals surface area (Å²) in [5, 5.41) is 3.41. The summed E-state index contributed by atoms with van der Waals surface area (Å²) in [4.78, 5) is 21.2. The zero-order chi connectivity index (χ0) is 14.9. The summed E-state index contributed by atoms with van der Waals surface area (Å²) in [5.74, 6) is 2.29. The van der Waals surface area contributed by atoms with Gasteiger partial charge in [0, 0.05) is 5.39 Å². The first kappa shape index (κ1) is 15.1. The molecule has 0 aliphatic heterocycles. The average molecular weight is 343 g/mol. The van der Waals surface area contributed by atoms with Crippen LogP contribution in [0.3, 0.4) is 0 Å². The molecule has 0 amide bonds. The van der Waals surface area contributed by atoms with Crippen molar-refractivity contribution in [2.75, 3.05) is 12.9 Å². The van der Waals surface area contributed by atoms with Gasteiger partial charge in [0.05, 0.1) is 19.3 Å². The van der Waals surface area contributed by atoms with Crippen LogP contribution in [-0.2, 0) is 15.3 Å². The number of hydrogen-bond donors (Lipinski definition) is 0. The van der Waals surface area contributed by atoms with Gasteiger partial charge in [-0.2, -0.15) is 11.8 Å².